The first-order valence-electron chi connectivity index (χ1n) is 5.65. The maximum absolute atomic E-state index is 12.2. The zero-order valence-electron chi connectivity index (χ0n) is 10.5. The SMILES string of the molecule is CC(C)(C)NCc1cccc(Br)c1OCCF. The summed E-state index contributed by atoms with van der Waals surface area (Å²) in [5.41, 5.74) is 1.07. The summed E-state index contributed by atoms with van der Waals surface area (Å²) in [5, 5.41) is 3.39. The average Bonchev–Trinajstić information content (AvgIpc) is 2.24. The molecule has 0 spiro atoms. The van der Waals surface area contributed by atoms with Gasteiger partial charge in [0.25, 0.3) is 0 Å². The lowest BCUT2D eigenvalue weighted by molar-refractivity contribution is 0.268. The van der Waals surface area contributed by atoms with Crippen LogP contribution in [0.25, 0.3) is 0 Å². The molecule has 96 valence electrons. The molecule has 0 bridgehead atoms. The van der Waals surface area contributed by atoms with Crippen LogP contribution in [-0.2, 0) is 6.54 Å². The highest BCUT2D eigenvalue weighted by atomic mass is 79.9. The summed E-state index contributed by atoms with van der Waals surface area (Å²) in [4.78, 5) is 0. The van der Waals surface area contributed by atoms with Gasteiger partial charge in [0.05, 0.1) is 4.47 Å². The smallest absolute Gasteiger partial charge is 0.138 e. The maximum Gasteiger partial charge on any atom is 0.138 e. The molecule has 2 nitrogen and oxygen atoms in total. The summed E-state index contributed by atoms with van der Waals surface area (Å²) < 4.78 is 18.4. The third-order valence-electron chi connectivity index (χ3n) is 2.18. The van der Waals surface area contributed by atoms with Crippen molar-refractivity contribution in [2.45, 2.75) is 32.9 Å². The second-order valence-electron chi connectivity index (χ2n) is 4.87. The molecule has 1 aromatic carbocycles. The molecule has 1 aromatic rings. The molecule has 0 fully saturated rings. The fourth-order valence-electron chi connectivity index (χ4n) is 1.36. The van der Waals surface area contributed by atoms with E-state index in [0.717, 1.165) is 15.8 Å². The predicted molar refractivity (Wildman–Crippen MR) is 72.2 cm³/mol. The van der Waals surface area contributed by atoms with Gasteiger partial charge in [0, 0.05) is 17.6 Å². The van der Waals surface area contributed by atoms with Gasteiger partial charge >= 0.3 is 0 Å². The van der Waals surface area contributed by atoms with Gasteiger partial charge in [-0.05, 0) is 42.8 Å². The highest BCUT2D eigenvalue weighted by Crippen LogP contribution is 2.29. The molecule has 0 unspecified atom stereocenters. The second kappa shape index (κ2) is 6.36. The quantitative estimate of drug-likeness (QED) is 0.896. The maximum atomic E-state index is 12.2. The number of alkyl halides is 1. The summed E-state index contributed by atoms with van der Waals surface area (Å²) in [7, 11) is 0. The molecule has 1 N–H and O–H groups in total. The largest absolute Gasteiger partial charge is 0.489 e. The molecule has 0 saturated carbocycles. The van der Waals surface area contributed by atoms with Gasteiger partial charge in [-0.1, -0.05) is 12.1 Å². The minimum atomic E-state index is -0.479. The summed E-state index contributed by atoms with van der Waals surface area (Å²) in [6.07, 6.45) is 0. The number of rotatable bonds is 5. The first-order valence-corrected chi connectivity index (χ1v) is 6.44. The van der Waals surface area contributed by atoms with Gasteiger partial charge < -0.3 is 10.1 Å². The first kappa shape index (κ1) is 14.5. The van der Waals surface area contributed by atoms with E-state index in [1.165, 1.54) is 0 Å². The highest BCUT2D eigenvalue weighted by molar-refractivity contribution is 9.10. The number of halogens is 2. The van der Waals surface area contributed by atoms with Crippen molar-refractivity contribution in [1.29, 1.82) is 0 Å². The van der Waals surface area contributed by atoms with E-state index >= 15 is 0 Å². The van der Waals surface area contributed by atoms with Crippen molar-refractivity contribution in [1.82, 2.24) is 5.32 Å². The molecule has 17 heavy (non-hydrogen) atoms. The lowest BCUT2D eigenvalue weighted by Crippen LogP contribution is -2.35. The van der Waals surface area contributed by atoms with E-state index in [1.807, 2.05) is 18.2 Å². The van der Waals surface area contributed by atoms with Crippen LogP contribution in [0.5, 0.6) is 5.75 Å². The standard InChI is InChI=1S/C13H19BrFNO/c1-13(2,3)16-9-10-5-4-6-11(14)12(10)17-8-7-15/h4-6,16H,7-9H2,1-3H3. The Balaban J connectivity index is 2.79. The lowest BCUT2D eigenvalue weighted by atomic mass is 10.1. The molecular weight excluding hydrogens is 285 g/mol. The van der Waals surface area contributed by atoms with Gasteiger partial charge in [0.1, 0.15) is 19.0 Å². The van der Waals surface area contributed by atoms with Gasteiger partial charge in [-0.15, -0.1) is 0 Å². The third kappa shape index (κ3) is 5.04. The van der Waals surface area contributed by atoms with Crippen molar-refractivity contribution >= 4 is 15.9 Å². The van der Waals surface area contributed by atoms with Crippen LogP contribution in [0.15, 0.2) is 22.7 Å². The van der Waals surface area contributed by atoms with Gasteiger partial charge in [0.15, 0.2) is 0 Å². The Kier molecular flexibility index (Phi) is 5.40. The van der Waals surface area contributed by atoms with Crippen molar-refractivity contribution in [2.75, 3.05) is 13.3 Å². The molecule has 0 radical (unpaired) electrons. The van der Waals surface area contributed by atoms with Crippen LogP contribution in [-0.4, -0.2) is 18.8 Å². The molecule has 0 atom stereocenters. The van der Waals surface area contributed by atoms with Crippen LogP contribution in [0.3, 0.4) is 0 Å². The zero-order chi connectivity index (χ0) is 12.9. The molecule has 4 heteroatoms. The van der Waals surface area contributed by atoms with Crippen LogP contribution in [0.2, 0.25) is 0 Å². The lowest BCUT2D eigenvalue weighted by Gasteiger charge is -2.22. The Bertz CT molecular complexity index is 363. The number of hydrogen-bond acceptors (Lipinski definition) is 2. The molecular formula is C13H19BrFNO. The number of para-hydroxylation sites is 1. The second-order valence-corrected chi connectivity index (χ2v) is 5.72. The zero-order valence-corrected chi connectivity index (χ0v) is 12.1. The van der Waals surface area contributed by atoms with E-state index in [1.54, 1.807) is 0 Å². The van der Waals surface area contributed by atoms with E-state index in [4.69, 9.17) is 4.74 Å². The van der Waals surface area contributed by atoms with E-state index < -0.39 is 6.67 Å². The Morgan fingerprint density at radius 2 is 2.06 bits per heavy atom. The first-order chi connectivity index (χ1) is 7.94. The topological polar surface area (TPSA) is 21.3 Å². The number of ether oxygens (including phenoxy) is 1. The van der Waals surface area contributed by atoms with Gasteiger partial charge in [0.2, 0.25) is 0 Å². The average molecular weight is 304 g/mol. The van der Waals surface area contributed by atoms with E-state index in [2.05, 4.69) is 42.0 Å². The van der Waals surface area contributed by atoms with E-state index in [0.29, 0.717) is 6.54 Å². The summed E-state index contributed by atoms with van der Waals surface area (Å²) >= 11 is 3.42. The normalized spacial score (nSPS) is 11.6. The van der Waals surface area contributed by atoms with Gasteiger partial charge in [-0.2, -0.15) is 0 Å². The fraction of sp³-hybridized carbons (Fsp3) is 0.538. The molecule has 0 amide bonds. The molecule has 0 heterocycles. The Hall–Kier alpha value is -0.610. The summed E-state index contributed by atoms with van der Waals surface area (Å²) in [6, 6.07) is 5.83. The number of hydrogen-bond donors (Lipinski definition) is 1. The molecule has 0 aliphatic carbocycles. The minimum Gasteiger partial charge on any atom is -0.489 e. The molecule has 0 aliphatic rings. The minimum absolute atomic E-state index is 0.0413. The van der Waals surface area contributed by atoms with E-state index in [-0.39, 0.29) is 12.1 Å². The van der Waals surface area contributed by atoms with Crippen molar-refractivity contribution < 1.29 is 9.13 Å². The van der Waals surface area contributed by atoms with E-state index in [9.17, 15) is 4.39 Å². The molecule has 0 saturated heterocycles. The number of benzene rings is 1. The van der Waals surface area contributed by atoms with Crippen molar-refractivity contribution in [3.63, 3.8) is 0 Å². The van der Waals surface area contributed by atoms with Gasteiger partial charge in [-0.3, -0.25) is 0 Å². The summed E-state index contributed by atoms with van der Waals surface area (Å²) in [5.74, 6) is 0.724. The van der Waals surface area contributed by atoms with Crippen molar-refractivity contribution in [3.8, 4) is 5.75 Å². The molecule has 1 rings (SSSR count). The Morgan fingerprint density at radius 1 is 1.35 bits per heavy atom. The Labute approximate surface area is 111 Å². The number of nitrogens with one attached hydrogen (secondary N) is 1. The monoisotopic (exact) mass is 303 g/mol. The van der Waals surface area contributed by atoms with Crippen LogP contribution in [0.4, 0.5) is 4.39 Å². The van der Waals surface area contributed by atoms with Crippen LogP contribution < -0.4 is 10.1 Å². The molecule has 0 aliphatic heterocycles. The van der Waals surface area contributed by atoms with Crippen LogP contribution in [0.1, 0.15) is 26.3 Å². The fourth-order valence-corrected chi connectivity index (χ4v) is 1.88. The Morgan fingerprint density at radius 3 is 2.65 bits per heavy atom. The third-order valence-corrected chi connectivity index (χ3v) is 2.81. The summed E-state index contributed by atoms with van der Waals surface area (Å²) in [6.45, 7) is 6.62. The van der Waals surface area contributed by atoms with Crippen LogP contribution in [0, 0.1) is 0 Å². The van der Waals surface area contributed by atoms with Crippen molar-refractivity contribution in [3.05, 3.63) is 28.2 Å². The highest BCUT2D eigenvalue weighted by Gasteiger charge is 2.12. The molecule has 0 aromatic heterocycles. The van der Waals surface area contributed by atoms with Crippen LogP contribution >= 0.6 is 15.9 Å². The van der Waals surface area contributed by atoms with Crippen molar-refractivity contribution in [2.24, 2.45) is 0 Å². The predicted octanol–water partition coefficient (Wildman–Crippen LogP) is 3.69. The van der Waals surface area contributed by atoms with Gasteiger partial charge in [-0.25, -0.2) is 4.39 Å².